The van der Waals surface area contributed by atoms with Gasteiger partial charge in [-0.15, -0.1) is 10.5 Å². The number of rotatable bonds is 12. The van der Waals surface area contributed by atoms with Crippen LogP contribution < -0.4 is 0 Å². The minimum Gasteiger partial charge on any atom is -0.481 e. The smallest absolute Gasteiger partial charge is 0.303 e. The molecule has 2 aromatic carbocycles. The average molecular weight is 629 g/mol. The van der Waals surface area contributed by atoms with E-state index >= 15 is 0 Å². The van der Waals surface area contributed by atoms with Gasteiger partial charge in [0, 0.05) is 22.1 Å². The molecule has 0 amide bonds. The number of carboxylic acid groups (broad SMARTS) is 1. The van der Waals surface area contributed by atoms with Gasteiger partial charge in [-0.2, -0.15) is 11.8 Å². The van der Waals surface area contributed by atoms with Gasteiger partial charge in [0.25, 0.3) is 0 Å². The third-order valence-electron chi connectivity index (χ3n) is 7.82. The van der Waals surface area contributed by atoms with Gasteiger partial charge in [-0.25, -0.2) is 0 Å². The van der Waals surface area contributed by atoms with Gasteiger partial charge in [0.2, 0.25) is 0 Å². The number of thioether (sulfide) groups is 1. The fourth-order valence-electron chi connectivity index (χ4n) is 5.40. The molecule has 0 spiro atoms. The lowest BCUT2D eigenvalue weighted by atomic mass is 9.90. The van der Waals surface area contributed by atoms with E-state index in [-0.39, 0.29) is 17.1 Å². The molecular formula is C33H35Cl2NO3S2. The van der Waals surface area contributed by atoms with Gasteiger partial charge in [-0.1, -0.05) is 71.7 Å². The fraction of sp³-hybridized carbons (Fsp3) is 0.364. The van der Waals surface area contributed by atoms with Crippen LogP contribution in [0.5, 0.6) is 0 Å². The maximum atomic E-state index is 11.5. The van der Waals surface area contributed by atoms with Gasteiger partial charge in [0.05, 0.1) is 27.1 Å². The Morgan fingerprint density at radius 1 is 1.15 bits per heavy atom. The predicted molar refractivity (Wildman–Crippen MR) is 174 cm³/mol. The average Bonchev–Trinajstić information content (AvgIpc) is 3.66. The molecule has 216 valence electrons. The molecule has 2 heterocycles. The molecular weight excluding hydrogens is 593 g/mol. The van der Waals surface area contributed by atoms with Crippen LogP contribution in [0.25, 0.3) is 5.03 Å². The quantitative estimate of drug-likeness (QED) is 0.196. The van der Waals surface area contributed by atoms with Crippen LogP contribution in [-0.2, 0) is 23.2 Å². The van der Waals surface area contributed by atoms with E-state index < -0.39 is 22.1 Å². The van der Waals surface area contributed by atoms with E-state index in [1.54, 1.807) is 6.20 Å². The van der Waals surface area contributed by atoms with Crippen LogP contribution >= 0.6 is 45.4 Å². The van der Waals surface area contributed by atoms with Crippen LogP contribution in [0.3, 0.4) is 0 Å². The van der Waals surface area contributed by atoms with Gasteiger partial charge in [-0.3, -0.25) is 9.78 Å². The van der Waals surface area contributed by atoms with Crippen molar-refractivity contribution in [3.8, 4) is 0 Å². The molecule has 4 nitrogen and oxygen atoms in total. The Labute approximate surface area is 259 Å². The van der Waals surface area contributed by atoms with Crippen LogP contribution in [0, 0.1) is 5.41 Å². The molecule has 1 unspecified atom stereocenters. The van der Waals surface area contributed by atoms with Crippen molar-refractivity contribution in [3.63, 3.8) is 0 Å². The number of nitrogens with zero attached hydrogens (tertiary/aromatic N) is 1. The molecule has 1 saturated carbocycles. The van der Waals surface area contributed by atoms with Crippen molar-refractivity contribution in [3.05, 3.63) is 99.2 Å². The van der Waals surface area contributed by atoms with Crippen molar-refractivity contribution in [1.82, 2.24) is 4.98 Å². The highest BCUT2D eigenvalue weighted by molar-refractivity contribution is 8.20. The number of benzene rings is 2. The second-order valence-corrected chi connectivity index (χ2v) is 15.5. The Bertz CT molecular complexity index is 1510. The molecule has 1 aliphatic heterocycles. The third-order valence-corrected chi connectivity index (χ3v) is 12.7. The Hall–Kier alpha value is -2.09. The largest absolute Gasteiger partial charge is 0.481 e. The number of carbonyl (C=O) groups is 1. The molecule has 41 heavy (non-hydrogen) atoms. The summed E-state index contributed by atoms with van der Waals surface area (Å²) in [7, 11) is -0.406. The number of aliphatic hydroxyl groups is 1. The molecule has 1 aromatic heterocycles. The zero-order valence-corrected chi connectivity index (χ0v) is 26.4. The Balaban J connectivity index is 1.38. The second-order valence-electron chi connectivity index (χ2n) is 11.5. The number of halogens is 2. The lowest BCUT2D eigenvalue weighted by Gasteiger charge is -2.24. The first-order chi connectivity index (χ1) is 19.6. The highest BCUT2D eigenvalue weighted by Crippen LogP contribution is 2.54. The van der Waals surface area contributed by atoms with E-state index in [2.05, 4.69) is 40.7 Å². The second kappa shape index (κ2) is 12.6. The van der Waals surface area contributed by atoms with Crippen molar-refractivity contribution in [1.29, 1.82) is 0 Å². The topological polar surface area (TPSA) is 70.4 Å². The Morgan fingerprint density at radius 3 is 2.66 bits per heavy atom. The maximum absolute atomic E-state index is 11.5. The first-order valence-corrected chi connectivity index (χ1v) is 17.0. The summed E-state index contributed by atoms with van der Waals surface area (Å²) < 4.78 is 0.642. The van der Waals surface area contributed by atoms with Gasteiger partial charge >= 0.3 is 5.97 Å². The van der Waals surface area contributed by atoms with Crippen LogP contribution in [0.1, 0.15) is 72.7 Å². The number of hydrogen-bond donors (Lipinski definition) is 2. The lowest BCUT2D eigenvalue weighted by molar-refractivity contribution is -0.138. The molecule has 1 aliphatic carbocycles. The molecule has 2 aliphatic rings. The number of pyridine rings is 1. The number of aromatic nitrogens is 1. The first-order valence-electron chi connectivity index (χ1n) is 13.9. The molecule has 3 aromatic rings. The molecule has 0 saturated heterocycles. The number of hydrogen-bond acceptors (Lipinski definition) is 4. The predicted octanol–water partition coefficient (Wildman–Crippen LogP) is 8.76. The normalized spacial score (nSPS) is 18.4. The van der Waals surface area contributed by atoms with Crippen LogP contribution in [0.2, 0.25) is 0 Å². The highest BCUT2D eigenvalue weighted by atomic mass is 35.5. The van der Waals surface area contributed by atoms with E-state index in [9.17, 15) is 15.0 Å². The lowest BCUT2D eigenvalue weighted by Crippen LogP contribution is -2.18. The molecule has 2 atom stereocenters. The summed E-state index contributed by atoms with van der Waals surface area (Å²) in [4.78, 5) is 17.0. The van der Waals surface area contributed by atoms with E-state index in [1.165, 1.54) is 11.1 Å². The summed E-state index contributed by atoms with van der Waals surface area (Å²) in [6, 6.07) is 20.8. The zero-order valence-electron chi connectivity index (χ0n) is 23.3. The van der Waals surface area contributed by atoms with Gasteiger partial charge in [-0.05, 0) is 91.1 Å². The van der Waals surface area contributed by atoms with Crippen LogP contribution in [-0.4, -0.2) is 32.3 Å². The standard InChI is InChI=1S/C33H35Cl2NO3S2/c1-32(2,39)25-10-4-3-8-23(25)12-13-26(40-21-33(15-16-33)20-28(37)38)24-9-5-7-22(19-24)14-18-41-27-11-6-17-36-30(27)29(34)31(41)35/h3-11,17-19,26,39H,12-16,20-21H2,1-2H3,(H,37,38)/t26-,41?/m1/s1. The molecule has 0 bridgehead atoms. The van der Waals surface area contributed by atoms with Crippen molar-refractivity contribution < 1.29 is 15.0 Å². The van der Waals surface area contributed by atoms with Crippen LogP contribution in [0.4, 0.5) is 0 Å². The van der Waals surface area contributed by atoms with E-state index in [1.807, 2.05) is 55.9 Å². The van der Waals surface area contributed by atoms with Gasteiger partial charge < -0.3 is 10.2 Å². The van der Waals surface area contributed by atoms with E-state index in [4.69, 9.17) is 23.2 Å². The third kappa shape index (κ3) is 7.29. The van der Waals surface area contributed by atoms with Gasteiger partial charge in [0.1, 0.15) is 0 Å². The first kappa shape index (κ1) is 30.4. The highest BCUT2D eigenvalue weighted by Gasteiger charge is 2.44. The molecule has 8 heteroatoms. The summed E-state index contributed by atoms with van der Waals surface area (Å²) >= 11 is 15.0. The van der Waals surface area contributed by atoms with Crippen molar-refractivity contribution >= 4 is 61.8 Å². The summed E-state index contributed by atoms with van der Waals surface area (Å²) in [6.45, 7) is 3.66. The number of aryl methyl sites for hydroxylation is 1. The summed E-state index contributed by atoms with van der Waals surface area (Å²) in [5.74, 6) is 0.119. The summed E-state index contributed by atoms with van der Waals surface area (Å²) in [6.07, 6.45) is 6.39. The molecule has 1 fully saturated rings. The van der Waals surface area contributed by atoms with Crippen LogP contribution in [0.15, 0.2) is 76.1 Å². The van der Waals surface area contributed by atoms with E-state index in [0.717, 1.165) is 59.6 Å². The molecule has 5 rings (SSSR count). The van der Waals surface area contributed by atoms with Crippen molar-refractivity contribution in [2.75, 3.05) is 5.75 Å². The van der Waals surface area contributed by atoms with Gasteiger partial charge in [0.15, 0.2) is 0 Å². The fourth-order valence-corrected chi connectivity index (χ4v) is 9.71. The summed E-state index contributed by atoms with van der Waals surface area (Å²) in [5.41, 5.74) is 4.31. The monoisotopic (exact) mass is 627 g/mol. The Morgan fingerprint density at radius 2 is 1.93 bits per heavy atom. The molecule has 2 N–H and O–H groups in total. The van der Waals surface area contributed by atoms with E-state index in [0.29, 0.717) is 9.40 Å². The number of carboxylic acids is 1. The maximum Gasteiger partial charge on any atom is 0.303 e. The zero-order chi connectivity index (χ0) is 29.2. The minimum atomic E-state index is -0.914. The summed E-state index contributed by atoms with van der Waals surface area (Å²) in [5, 5.41) is 23.2. The number of fused-ring (bicyclic) bond motifs is 1. The molecule has 0 radical (unpaired) electrons. The van der Waals surface area contributed by atoms with Crippen molar-refractivity contribution in [2.45, 2.75) is 68.1 Å². The Kier molecular flexibility index (Phi) is 9.37. The van der Waals surface area contributed by atoms with Crippen molar-refractivity contribution in [2.24, 2.45) is 5.41 Å². The minimum absolute atomic E-state index is 0.0848. The SMILES string of the molecule is CC(C)(O)c1ccccc1CC[C@@H](SCC1(CC(=O)O)CC1)c1cccc(CC=S2C(Cl)=C(Cl)c3ncccc32)c1. The number of aliphatic carboxylic acids is 1.